The largest absolute Gasteiger partial charge is 0.465 e. The molecule has 9 heteroatoms. The van der Waals surface area contributed by atoms with Gasteiger partial charge in [-0.1, -0.05) is 6.07 Å². The maximum atomic E-state index is 13.5. The van der Waals surface area contributed by atoms with Crippen molar-refractivity contribution in [2.45, 2.75) is 0 Å². The smallest absolute Gasteiger partial charge is 0.409 e. The first-order valence-electron chi connectivity index (χ1n) is 8.20. The number of carboxylic acid groups (broad SMARTS) is 1. The summed E-state index contributed by atoms with van der Waals surface area (Å²) in [6.45, 7) is 0. The standard InChI is InChI=1S/C20H14F3N3O3/c21-14-7-12(8-15(22)18(14)23)11-3-6-16(24)17(9-11)26-19(27)10-1-4-13(5-2-10)25-20(28)29/h1-9,25H,24H2,(H,26,27)(H,28,29). The molecule has 0 saturated carbocycles. The van der Waals surface area contributed by atoms with Crippen LogP contribution in [0.25, 0.3) is 11.1 Å². The van der Waals surface area contributed by atoms with Gasteiger partial charge in [0.25, 0.3) is 5.91 Å². The molecular weight excluding hydrogens is 387 g/mol. The van der Waals surface area contributed by atoms with Gasteiger partial charge in [-0.2, -0.15) is 0 Å². The summed E-state index contributed by atoms with van der Waals surface area (Å²) in [7, 11) is 0. The van der Waals surface area contributed by atoms with Crippen LogP contribution in [0.2, 0.25) is 0 Å². The van der Waals surface area contributed by atoms with Gasteiger partial charge in [-0.15, -0.1) is 0 Å². The third-order valence-electron chi connectivity index (χ3n) is 4.02. The molecule has 0 aliphatic heterocycles. The molecule has 148 valence electrons. The zero-order valence-corrected chi connectivity index (χ0v) is 14.7. The number of hydrogen-bond acceptors (Lipinski definition) is 3. The van der Waals surface area contributed by atoms with E-state index in [4.69, 9.17) is 10.8 Å². The SMILES string of the molecule is Nc1ccc(-c2cc(F)c(F)c(F)c2)cc1NC(=O)c1ccc(NC(=O)O)cc1. The average Bonchev–Trinajstić information content (AvgIpc) is 2.67. The number of amides is 2. The van der Waals surface area contributed by atoms with Crippen LogP contribution in [-0.4, -0.2) is 17.1 Å². The number of nitrogen functional groups attached to an aromatic ring is 1. The van der Waals surface area contributed by atoms with Crippen molar-refractivity contribution in [3.8, 4) is 11.1 Å². The minimum Gasteiger partial charge on any atom is -0.465 e. The van der Waals surface area contributed by atoms with Crippen molar-refractivity contribution in [2.75, 3.05) is 16.4 Å². The molecule has 0 aromatic heterocycles. The topological polar surface area (TPSA) is 104 Å². The first-order valence-corrected chi connectivity index (χ1v) is 8.20. The van der Waals surface area contributed by atoms with Crippen LogP contribution < -0.4 is 16.4 Å². The molecule has 0 spiro atoms. The Balaban J connectivity index is 1.85. The lowest BCUT2D eigenvalue weighted by atomic mass is 10.0. The highest BCUT2D eigenvalue weighted by atomic mass is 19.2. The van der Waals surface area contributed by atoms with Crippen molar-refractivity contribution < 1.29 is 27.9 Å². The second-order valence-electron chi connectivity index (χ2n) is 6.02. The molecule has 0 atom stereocenters. The second-order valence-corrected chi connectivity index (χ2v) is 6.02. The first kappa shape index (κ1) is 19.7. The number of hydrogen-bond donors (Lipinski definition) is 4. The molecular formula is C20H14F3N3O3. The molecule has 3 aromatic rings. The highest BCUT2D eigenvalue weighted by molar-refractivity contribution is 6.06. The minimum absolute atomic E-state index is 0.0704. The molecule has 0 fully saturated rings. The van der Waals surface area contributed by atoms with Crippen molar-refractivity contribution >= 4 is 29.1 Å². The Kier molecular flexibility index (Phi) is 5.40. The van der Waals surface area contributed by atoms with Crippen molar-refractivity contribution in [1.29, 1.82) is 0 Å². The normalized spacial score (nSPS) is 10.4. The fraction of sp³-hybridized carbons (Fsp3) is 0. The fourth-order valence-electron chi connectivity index (χ4n) is 2.59. The fourth-order valence-corrected chi connectivity index (χ4v) is 2.59. The lowest BCUT2D eigenvalue weighted by molar-refractivity contribution is 0.102. The van der Waals surface area contributed by atoms with E-state index < -0.39 is 29.5 Å². The van der Waals surface area contributed by atoms with E-state index in [9.17, 15) is 22.8 Å². The molecule has 0 aliphatic rings. The van der Waals surface area contributed by atoms with Gasteiger partial charge in [-0.3, -0.25) is 10.1 Å². The highest BCUT2D eigenvalue weighted by Gasteiger charge is 2.14. The average molecular weight is 401 g/mol. The maximum Gasteiger partial charge on any atom is 0.409 e. The van der Waals surface area contributed by atoms with Crippen LogP contribution in [0.3, 0.4) is 0 Å². The van der Waals surface area contributed by atoms with E-state index in [-0.39, 0.29) is 28.2 Å². The lowest BCUT2D eigenvalue weighted by Crippen LogP contribution is -2.13. The van der Waals surface area contributed by atoms with Crippen LogP contribution >= 0.6 is 0 Å². The molecule has 6 nitrogen and oxygen atoms in total. The number of nitrogens with two attached hydrogens (primary N) is 1. The van der Waals surface area contributed by atoms with E-state index in [0.29, 0.717) is 5.56 Å². The van der Waals surface area contributed by atoms with Crippen LogP contribution in [0.15, 0.2) is 54.6 Å². The van der Waals surface area contributed by atoms with Crippen LogP contribution in [0.5, 0.6) is 0 Å². The summed E-state index contributed by atoms with van der Waals surface area (Å²) in [5.74, 6) is -4.78. The molecule has 0 radical (unpaired) electrons. The van der Waals surface area contributed by atoms with Gasteiger partial charge in [-0.25, -0.2) is 18.0 Å². The summed E-state index contributed by atoms with van der Waals surface area (Å²) in [5.41, 5.74) is 7.15. The molecule has 2 amide bonds. The Hall–Kier alpha value is -4.01. The van der Waals surface area contributed by atoms with E-state index in [2.05, 4.69) is 10.6 Å². The Morgan fingerprint density at radius 1 is 0.828 bits per heavy atom. The van der Waals surface area contributed by atoms with E-state index in [0.717, 1.165) is 12.1 Å². The maximum absolute atomic E-state index is 13.5. The predicted octanol–water partition coefficient (Wildman–Crippen LogP) is 4.70. The van der Waals surface area contributed by atoms with E-state index in [1.165, 1.54) is 42.5 Å². The summed E-state index contributed by atoms with van der Waals surface area (Å²) in [5, 5.41) is 13.4. The molecule has 3 rings (SSSR count). The Morgan fingerprint density at radius 2 is 1.45 bits per heavy atom. The van der Waals surface area contributed by atoms with Crippen LogP contribution in [0.1, 0.15) is 10.4 Å². The third-order valence-corrected chi connectivity index (χ3v) is 4.02. The summed E-state index contributed by atoms with van der Waals surface area (Å²) in [6.07, 6.45) is -1.24. The number of carbonyl (C=O) groups is 2. The van der Waals surface area contributed by atoms with Crippen molar-refractivity contribution in [1.82, 2.24) is 0 Å². The zero-order valence-electron chi connectivity index (χ0n) is 14.7. The zero-order chi connectivity index (χ0) is 21.1. The van der Waals surface area contributed by atoms with Gasteiger partial charge in [0, 0.05) is 11.3 Å². The predicted molar refractivity (Wildman–Crippen MR) is 102 cm³/mol. The van der Waals surface area contributed by atoms with Crippen molar-refractivity contribution in [2.24, 2.45) is 0 Å². The molecule has 0 saturated heterocycles. The number of nitrogens with one attached hydrogen (secondary N) is 2. The quantitative estimate of drug-likeness (QED) is 0.376. The monoisotopic (exact) mass is 401 g/mol. The Morgan fingerprint density at radius 3 is 2.03 bits per heavy atom. The van der Waals surface area contributed by atoms with Crippen LogP contribution in [0, 0.1) is 17.5 Å². The molecule has 3 aromatic carbocycles. The lowest BCUT2D eigenvalue weighted by Gasteiger charge is -2.11. The molecule has 29 heavy (non-hydrogen) atoms. The van der Waals surface area contributed by atoms with Crippen LogP contribution in [0.4, 0.5) is 35.0 Å². The number of halogens is 3. The third kappa shape index (κ3) is 4.46. The van der Waals surface area contributed by atoms with Crippen LogP contribution in [-0.2, 0) is 0 Å². The number of anilines is 3. The first-order chi connectivity index (χ1) is 13.7. The molecule has 0 heterocycles. The van der Waals surface area contributed by atoms with Crippen molar-refractivity contribution in [3.05, 3.63) is 77.6 Å². The molecule has 5 N–H and O–H groups in total. The Labute approximate surface area is 162 Å². The number of carbonyl (C=O) groups excluding carboxylic acids is 1. The highest BCUT2D eigenvalue weighted by Crippen LogP contribution is 2.29. The molecule has 0 aliphatic carbocycles. The van der Waals surface area contributed by atoms with Gasteiger partial charge in [0.15, 0.2) is 17.5 Å². The summed E-state index contributed by atoms with van der Waals surface area (Å²) < 4.78 is 40.2. The van der Waals surface area contributed by atoms with E-state index in [1.54, 1.807) is 0 Å². The van der Waals surface area contributed by atoms with Gasteiger partial charge < -0.3 is 16.2 Å². The molecule has 0 bridgehead atoms. The number of benzene rings is 3. The Bertz CT molecular complexity index is 1080. The van der Waals surface area contributed by atoms with Gasteiger partial charge in [-0.05, 0) is 59.7 Å². The number of rotatable bonds is 4. The van der Waals surface area contributed by atoms with E-state index in [1.807, 2.05) is 0 Å². The van der Waals surface area contributed by atoms with Gasteiger partial charge >= 0.3 is 6.09 Å². The van der Waals surface area contributed by atoms with Gasteiger partial charge in [0.2, 0.25) is 0 Å². The van der Waals surface area contributed by atoms with Gasteiger partial charge in [0.1, 0.15) is 0 Å². The summed E-state index contributed by atoms with van der Waals surface area (Å²) >= 11 is 0. The van der Waals surface area contributed by atoms with Gasteiger partial charge in [0.05, 0.1) is 11.4 Å². The van der Waals surface area contributed by atoms with E-state index >= 15 is 0 Å². The minimum atomic E-state index is -1.57. The summed E-state index contributed by atoms with van der Waals surface area (Å²) in [6, 6.07) is 11.6. The second kappa shape index (κ2) is 7.93. The summed E-state index contributed by atoms with van der Waals surface area (Å²) in [4.78, 5) is 23.0. The molecule has 0 unspecified atom stereocenters. The van der Waals surface area contributed by atoms with Crippen molar-refractivity contribution in [3.63, 3.8) is 0 Å².